The van der Waals surface area contributed by atoms with E-state index < -0.39 is 0 Å². The van der Waals surface area contributed by atoms with Crippen LogP contribution in [0.5, 0.6) is 11.5 Å². The molecule has 0 radical (unpaired) electrons. The van der Waals surface area contributed by atoms with Crippen molar-refractivity contribution in [3.8, 4) is 11.5 Å². The molecule has 3 aromatic rings. The summed E-state index contributed by atoms with van der Waals surface area (Å²) in [6, 6.07) is 11.3. The molecule has 0 saturated heterocycles. The first kappa shape index (κ1) is 20.1. The molecule has 3 rings (SSSR count). The Morgan fingerprint density at radius 1 is 1.14 bits per heavy atom. The van der Waals surface area contributed by atoms with Gasteiger partial charge in [0.2, 0.25) is 0 Å². The molecule has 0 unspecified atom stereocenters. The lowest BCUT2D eigenvalue weighted by Gasteiger charge is -2.09. The number of hydrogen-bond donors (Lipinski definition) is 0. The number of carbonyl (C=O) groups excluding carboxylic acids is 1. The van der Waals surface area contributed by atoms with E-state index in [1.165, 1.54) is 11.3 Å². The number of hydrogen-bond acceptors (Lipinski definition) is 5. The molecule has 0 aliphatic heterocycles. The van der Waals surface area contributed by atoms with E-state index in [1.807, 2.05) is 48.7 Å². The predicted octanol–water partition coefficient (Wildman–Crippen LogP) is 3.81. The monoisotopic (exact) mass is 400 g/mol. The molecule has 0 spiro atoms. The van der Waals surface area contributed by atoms with E-state index in [2.05, 4.69) is 4.99 Å². The van der Waals surface area contributed by atoms with Crippen molar-refractivity contribution in [3.63, 3.8) is 0 Å². The van der Waals surface area contributed by atoms with Crippen LogP contribution in [0.25, 0.3) is 10.2 Å². The van der Waals surface area contributed by atoms with E-state index in [4.69, 9.17) is 14.2 Å². The van der Waals surface area contributed by atoms with E-state index in [9.17, 15) is 4.79 Å². The molecule has 0 N–H and O–H groups in total. The number of fused-ring (bicyclic) bond motifs is 1. The van der Waals surface area contributed by atoms with Crippen LogP contribution < -0.4 is 14.3 Å². The molecule has 0 fully saturated rings. The number of thiazole rings is 1. The van der Waals surface area contributed by atoms with Gasteiger partial charge in [-0.3, -0.25) is 4.79 Å². The van der Waals surface area contributed by atoms with Crippen molar-refractivity contribution < 1.29 is 19.0 Å². The van der Waals surface area contributed by atoms with E-state index in [-0.39, 0.29) is 5.91 Å². The van der Waals surface area contributed by atoms with Crippen LogP contribution in [0.4, 0.5) is 0 Å². The van der Waals surface area contributed by atoms with Gasteiger partial charge in [-0.25, -0.2) is 0 Å². The molecule has 6 nitrogen and oxygen atoms in total. The summed E-state index contributed by atoms with van der Waals surface area (Å²) in [6.07, 6.45) is 0. The molecule has 0 bridgehead atoms. The fraction of sp³-hybridized carbons (Fsp3) is 0.333. The Kier molecular flexibility index (Phi) is 6.49. The van der Waals surface area contributed by atoms with Crippen molar-refractivity contribution in [3.05, 3.63) is 52.3 Å². The number of ether oxygens (including phenoxy) is 3. The van der Waals surface area contributed by atoms with Crippen LogP contribution in [0.15, 0.2) is 41.4 Å². The fourth-order valence-corrected chi connectivity index (χ4v) is 4.02. The van der Waals surface area contributed by atoms with E-state index in [0.29, 0.717) is 41.6 Å². The molecule has 148 valence electrons. The van der Waals surface area contributed by atoms with Crippen molar-refractivity contribution in [1.82, 2.24) is 4.57 Å². The second-order valence-electron chi connectivity index (χ2n) is 6.14. The standard InChI is InChI=1S/C21H24N2O4S/c1-5-27-11-10-23-16-12-17(25-3)18(26-4)13-19(16)28-21(23)22-20(24)15-9-7-6-8-14(15)2/h6-9,12-13H,5,10-11H2,1-4H3. The SMILES string of the molecule is CCOCCn1c(=NC(=O)c2ccccc2C)sc2cc(OC)c(OC)cc21. The van der Waals surface area contributed by atoms with Crippen LogP contribution in [0.3, 0.4) is 0 Å². The Labute approximate surface area is 168 Å². The highest BCUT2D eigenvalue weighted by atomic mass is 32.1. The molecule has 1 aromatic heterocycles. The number of benzene rings is 2. The number of aryl methyl sites for hydroxylation is 1. The molecule has 0 saturated carbocycles. The second kappa shape index (κ2) is 9.03. The Morgan fingerprint density at radius 3 is 2.54 bits per heavy atom. The Morgan fingerprint density at radius 2 is 1.86 bits per heavy atom. The Bertz CT molecular complexity index is 1050. The molecule has 28 heavy (non-hydrogen) atoms. The summed E-state index contributed by atoms with van der Waals surface area (Å²) >= 11 is 1.44. The molecule has 0 atom stereocenters. The second-order valence-corrected chi connectivity index (χ2v) is 7.15. The van der Waals surface area contributed by atoms with Gasteiger partial charge in [-0.05, 0) is 25.5 Å². The third-order valence-corrected chi connectivity index (χ3v) is 5.47. The van der Waals surface area contributed by atoms with Gasteiger partial charge in [0.05, 0.1) is 31.0 Å². The van der Waals surface area contributed by atoms with Crippen LogP contribution in [0.1, 0.15) is 22.8 Å². The first-order chi connectivity index (χ1) is 13.6. The number of aromatic nitrogens is 1. The lowest BCUT2D eigenvalue weighted by Crippen LogP contribution is -2.20. The quantitative estimate of drug-likeness (QED) is 0.566. The zero-order valence-corrected chi connectivity index (χ0v) is 17.3. The minimum atomic E-state index is -0.256. The third-order valence-electron chi connectivity index (χ3n) is 4.42. The Balaban J connectivity index is 2.15. The van der Waals surface area contributed by atoms with E-state index in [0.717, 1.165) is 15.8 Å². The highest BCUT2D eigenvalue weighted by molar-refractivity contribution is 7.16. The zero-order chi connectivity index (χ0) is 20.1. The van der Waals surface area contributed by atoms with Crippen molar-refractivity contribution in [2.45, 2.75) is 20.4 Å². The summed E-state index contributed by atoms with van der Waals surface area (Å²) in [4.78, 5) is 17.8. The minimum absolute atomic E-state index is 0.256. The fourth-order valence-electron chi connectivity index (χ4n) is 2.96. The van der Waals surface area contributed by atoms with E-state index >= 15 is 0 Å². The lowest BCUT2D eigenvalue weighted by atomic mass is 10.1. The van der Waals surface area contributed by atoms with Crippen molar-refractivity contribution in [2.75, 3.05) is 27.4 Å². The number of nitrogens with zero attached hydrogens (tertiary/aromatic N) is 2. The molecular formula is C21H24N2O4S. The normalized spacial score (nSPS) is 11.8. The van der Waals surface area contributed by atoms with Gasteiger partial charge in [-0.1, -0.05) is 29.5 Å². The van der Waals surface area contributed by atoms with Crippen molar-refractivity contribution in [1.29, 1.82) is 0 Å². The van der Waals surface area contributed by atoms with Crippen LogP contribution in [-0.4, -0.2) is 37.9 Å². The number of carbonyl (C=O) groups is 1. The number of methoxy groups -OCH3 is 2. The number of rotatable bonds is 7. The van der Waals surface area contributed by atoms with Gasteiger partial charge in [0.25, 0.3) is 5.91 Å². The maximum Gasteiger partial charge on any atom is 0.279 e. The summed E-state index contributed by atoms with van der Waals surface area (Å²) in [5, 5.41) is 0. The number of amides is 1. The highest BCUT2D eigenvalue weighted by Gasteiger charge is 2.14. The summed E-state index contributed by atoms with van der Waals surface area (Å²) in [6.45, 7) is 5.61. The largest absolute Gasteiger partial charge is 0.493 e. The van der Waals surface area contributed by atoms with Crippen LogP contribution >= 0.6 is 11.3 Å². The van der Waals surface area contributed by atoms with Crippen molar-refractivity contribution in [2.24, 2.45) is 4.99 Å². The molecule has 1 amide bonds. The van der Waals surface area contributed by atoms with E-state index in [1.54, 1.807) is 20.3 Å². The van der Waals surface area contributed by atoms with Crippen LogP contribution in [-0.2, 0) is 11.3 Å². The Hall–Kier alpha value is -2.64. The first-order valence-corrected chi connectivity index (χ1v) is 9.88. The average molecular weight is 401 g/mol. The summed E-state index contributed by atoms with van der Waals surface area (Å²) in [7, 11) is 3.21. The molecule has 0 aliphatic rings. The first-order valence-electron chi connectivity index (χ1n) is 9.06. The smallest absolute Gasteiger partial charge is 0.279 e. The highest BCUT2D eigenvalue weighted by Crippen LogP contribution is 2.33. The van der Waals surface area contributed by atoms with Gasteiger partial charge in [0, 0.05) is 30.8 Å². The van der Waals surface area contributed by atoms with Gasteiger partial charge < -0.3 is 18.8 Å². The summed E-state index contributed by atoms with van der Waals surface area (Å²) in [5.41, 5.74) is 2.44. The molecule has 1 heterocycles. The topological polar surface area (TPSA) is 62.1 Å². The van der Waals surface area contributed by atoms with Crippen molar-refractivity contribution >= 4 is 27.5 Å². The lowest BCUT2D eigenvalue weighted by molar-refractivity contribution is 0.0996. The molecular weight excluding hydrogens is 376 g/mol. The van der Waals surface area contributed by atoms with Gasteiger partial charge in [0.15, 0.2) is 16.3 Å². The average Bonchev–Trinajstić information content (AvgIpc) is 3.03. The molecule has 7 heteroatoms. The van der Waals surface area contributed by atoms with Crippen LogP contribution in [0, 0.1) is 6.92 Å². The minimum Gasteiger partial charge on any atom is -0.493 e. The zero-order valence-electron chi connectivity index (χ0n) is 16.5. The van der Waals surface area contributed by atoms with Gasteiger partial charge in [-0.15, -0.1) is 0 Å². The van der Waals surface area contributed by atoms with Gasteiger partial charge >= 0.3 is 0 Å². The summed E-state index contributed by atoms with van der Waals surface area (Å²) in [5.74, 6) is 1.02. The molecule has 2 aromatic carbocycles. The maximum absolute atomic E-state index is 12.8. The third kappa shape index (κ3) is 4.10. The van der Waals surface area contributed by atoms with Gasteiger partial charge in [0.1, 0.15) is 0 Å². The van der Waals surface area contributed by atoms with Gasteiger partial charge in [-0.2, -0.15) is 4.99 Å². The van der Waals surface area contributed by atoms with Crippen LogP contribution in [0.2, 0.25) is 0 Å². The summed E-state index contributed by atoms with van der Waals surface area (Å²) < 4.78 is 19.3. The predicted molar refractivity (Wildman–Crippen MR) is 110 cm³/mol. The molecule has 0 aliphatic carbocycles. The maximum atomic E-state index is 12.8.